The molecule has 7 heteroatoms. The van der Waals surface area contributed by atoms with Gasteiger partial charge in [0.2, 0.25) is 0 Å². The molecule has 0 bridgehead atoms. The third kappa shape index (κ3) is 4.83. The van der Waals surface area contributed by atoms with Crippen molar-refractivity contribution in [2.75, 3.05) is 18.6 Å². The summed E-state index contributed by atoms with van der Waals surface area (Å²) in [5, 5.41) is 2.93. The lowest BCUT2D eigenvalue weighted by Crippen LogP contribution is -2.24. The minimum atomic E-state index is -3.18. The molecule has 1 rings (SSSR count). The number of rotatable bonds is 6. The minimum absolute atomic E-state index is 0.120. The molecule has 0 aliphatic heterocycles. The van der Waals surface area contributed by atoms with Gasteiger partial charge in [-0.05, 0) is 30.7 Å². The Bertz CT molecular complexity index is 523. The highest BCUT2D eigenvalue weighted by Gasteiger charge is 2.18. The summed E-state index contributed by atoms with van der Waals surface area (Å²) in [5.41, 5.74) is 0.196. The second-order valence-corrected chi connectivity index (χ2v) is 6.59. The normalized spacial score (nSPS) is 13.5. The molecule has 0 amide bonds. The van der Waals surface area contributed by atoms with E-state index in [0.717, 1.165) is 18.4 Å². The first-order chi connectivity index (χ1) is 8.74. The molecule has 0 heterocycles. The van der Waals surface area contributed by atoms with E-state index in [1.54, 1.807) is 6.92 Å². The Balaban J connectivity index is 2.99. The van der Waals surface area contributed by atoms with Gasteiger partial charge in [0.05, 0.1) is 5.75 Å². The van der Waals surface area contributed by atoms with Crippen LogP contribution < -0.4 is 5.32 Å². The first kappa shape index (κ1) is 16.0. The number of nitrogens with one attached hydrogen (secondary N) is 1. The molecule has 1 aromatic carbocycles. The molecular formula is C12H16F3NO2S. The van der Waals surface area contributed by atoms with Crippen LogP contribution in [0.25, 0.3) is 0 Å². The Hall–Kier alpha value is -1.08. The van der Waals surface area contributed by atoms with E-state index < -0.39 is 33.3 Å². The fourth-order valence-electron chi connectivity index (χ4n) is 1.74. The van der Waals surface area contributed by atoms with Crippen LogP contribution in [0.15, 0.2) is 12.1 Å². The lowest BCUT2D eigenvalue weighted by Gasteiger charge is -2.18. The number of halogens is 3. The van der Waals surface area contributed by atoms with Gasteiger partial charge < -0.3 is 5.32 Å². The summed E-state index contributed by atoms with van der Waals surface area (Å²) < 4.78 is 61.4. The van der Waals surface area contributed by atoms with Crippen LogP contribution in [0.1, 0.15) is 24.9 Å². The first-order valence-corrected chi connectivity index (χ1v) is 7.86. The van der Waals surface area contributed by atoms with Crippen LogP contribution in [0.4, 0.5) is 13.2 Å². The molecule has 1 N–H and O–H groups in total. The third-order valence-electron chi connectivity index (χ3n) is 2.64. The molecule has 108 valence electrons. The molecule has 0 aromatic heterocycles. The van der Waals surface area contributed by atoms with Crippen molar-refractivity contribution < 1.29 is 21.6 Å². The highest BCUT2D eigenvalue weighted by molar-refractivity contribution is 7.90. The van der Waals surface area contributed by atoms with Crippen LogP contribution in [0, 0.1) is 17.5 Å². The molecule has 1 atom stereocenters. The van der Waals surface area contributed by atoms with Crippen molar-refractivity contribution in [1.82, 2.24) is 5.32 Å². The second-order valence-electron chi connectivity index (χ2n) is 4.33. The molecule has 0 spiro atoms. The summed E-state index contributed by atoms with van der Waals surface area (Å²) in [7, 11) is -3.18. The lowest BCUT2D eigenvalue weighted by atomic mass is 10.0. The Morgan fingerprint density at radius 2 is 1.74 bits per heavy atom. The standard InChI is InChI=1S/C12H16F3NO2S/c1-3-16-11(4-5-19(2,17)18)8-6-9(13)12(15)10(14)7-8/h6-7,11,16H,3-5H2,1-2H3. The van der Waals surface area contributed by atoms with Crippen LogP contribution in [0.3, 0.4) is 0 Å². The Kier molecular flexibility index (Phi) is 5.37. The molecule has 19 heavy (non-hydrogen) atoms. The zero-order valence-electron chi connectivity index (χ0n) is 10.7. The Labute approximate surface area is 110 Å². The van der Waals surface area contributed by atoms with Crippen molar-refractivity contribution in [3.8, 4) is 0 Å². The summed E-state index contributed by atoms with van der Waals surface area (Å²) >= 11 is 0. The lowest BCUT2D eigenvalue weighted by molar-refractivity contribution is 0.438. The number of hydrogen-bond donors (Lipinski definition) is 1. The van der Waals surface area contributed by atoms with Gasteiger partial charge in [0, 0.05) is 12.3 Å². The van der Waals surface area contributed by atoms with Crippen molar-refractivity contribution in [3.05, 3.63) is 35.1 Å². The molecule has 0 aliphatic carbocycles. The molecule has 1 aromatic rings. The van der Waals surface area contributed by atoms with E-state index in [0.29, 0.717) is 6.54 Å². The number of sulfone groups is 1. The molecule has 0 saturated carbocycles. The van der Waals surface area contributed by atoms with Gasteiger partial charge in [-0.3, -0.25) is 0 Å². The van der Waals surface area contributed by atoms with Crippen molar-refractivity contribution in [3.63, 3.8) is 0 Å². The predicted molar refractivity (Wildman–Crippen MR) is 67.1 cm³/mol. The zero-order chi connectivity index (χ0) is 14.6. The zero-order valence-corrected chi connectivity index (χ0v) is 11.5. The highest BCUT2D eigenvalue weighted by Crippen LogP contribution is 2.22. The van der Waals surface area contributed by atoms with Crippen LogP contribution in [0.5, 0.6) is 0 Å². The molecule has 0 fully saturated rings. The van der Waals surface area contributed by atoms with Crippen LogP contribution in [0.2, 0.25) is 0 Å². The van der Waals surface area contributed by atoms with Crippen LogP contribution in [-0.2, 0) is 9.84 Å². The van der Waals surface area contributed by atoms with Gasteiger partial charge in [0.25, 0.3) is 0 Å². The summed E-state index contributed by atoms with van der Waals surface area (Å²) in [6, 6.07) is 1.23. The number of benzene rings is 1. The molecule has 1 unspecified atom stereocenters. The minimum Gasteiger partial charge on any atom is -0.310 e. The summed E-state index contributed by atoms with van der Waals surface area (Å²) in [6.07, 6.45) is 1.25. The first-order valence-electron chi connectivity index (χ1n) is 5.80. The van der Waals surface area contributed by atoms with Gasteiger partial charge in [-0.1, -0.05) is 6.92 Å². The van der Waals surface area contributed by atoms with Gasteiger partial charge in [0.1, 0.15) is 9.84 Å². The van der Waals surface area contributed by atoms with Gasteiger partial charge in [-0.25, -0.2) is 21.6 Å². The molecule has 0 aliphatic rings. The molecular weight excluding hydrogens is 279 g/mol. The van der Waals surface area contributed by atoms with E-state index in [1.165, 1.54) is 0 Å². The van der Waals surface area contributed by atoms with E-state index >= 15 is 0 Å². The maximum absolute atomic E-state index is 13.2. The Morgan fingerprint density at radius 3 is 2.16 bits per heavy atom. The maximum Gasteiger partial charge on any atom is 0.194 e. The van der Waals surface area contributed by atoms with E-state index in [9.17, 15) is 21.6 Å². The third-order valence-corrected chi connectivity index (χ3v) is 3.61. The quantitative estimate of drug-likeness (QED) is 0.818. The highest BCUT2D eigenvalue weighted by atomic mass is 32.2. The van der Waals surface area contributed by atoms with Gasteiger partial charge in [0.15, 0.2) is 17.5 Å². The SMILES string of the molecule is CCNC(CCS(C)(=O)=O)c1cc(F)c(F)c(F)c1. The second kappa shape index (κ2) is 6.38. The monoisotopic (exact) mass is 295 g/mol. The maximum atomic E-state index is 13.2. The number of hydrogen-bond acceptors (Lipinski definition) is 3. The molecule has 0 radical (unpaired) electrons. The average Bonchev–Trinajstić information content (AvgIpc) is 2.29. The topological polar surface area (TPSA) is 46.2 Å². The van der Waals surface area contributed by atoms with E-state index in [4.69, 9.17) is 0 Å². The summed E-state index contributed by atoms with van der Waals surface area (Å²) in [6.45, 7) is 2.28. The van der Waals surface area contributed by atoms with Gasteiger partial charge >= 0.3 is 0 Å². The molecule has 3 nitrogen and oxygen atoms in total. The van der Waals surface area contributed by atoms with Crippen LogP contribution in [-0.4, -0.2) is 27.0 Å². The van der Waals surface area contributed by atoms with E-state index in [1.807, 2.05) is 0 Å². The fourth-order valence-corrected chi connectivity index (χ4v) is 2.41. The van der Waals surface area contributed by atoms with Crippen molar-refractivity contribution >= 4 is 9.84 Å². The van der Waals surface area contributed by atoms with E-state index in [2.05, 4.69) is 5.32 Å². The average molecular weight is 295 g/mol. The van der Waals surface area contributed by atoms with Crippen molar-refractivity contribution in [1.29, 1.82) is 0 Å². The largest absolute Gasteiger partial charge is 0.310 e. The fraction of sp³-hybridized carbons (Fsp3) is 0.500. The van der Waals surface area contributed by atoms with Crippen molar-refractivity contribution in [2.45, 2.75) is 19.4 Å². The summed E-state index contributed by atoms with van der Waals surface area (Å²) in [5.74, 6) is -4.21. The van der Waals surface area contributed by atoms with Gasteiger partial charge in [-0.2, -0.15) is 0 Å². The Morgan fingerprint density at radius 1 is 1.21 bits per heavy atom. The van der Waals surface area contributed by atoms with Crippen molar-refractivity contribution in [2.24, 2.45) is 0 Å². The molecule has 0 saturated heterocycles. The van der Waals surface area contributed by atoms with E-state index in [-0.39, 0.29) is 17.7 Å². The predicted octanol–water partition coefficient (Wildman–Crippen LogP) is 2.19. The van der Waals surface area contributed by atoms with Gasteiger partial charge in [-0.15, -0.1) is 0 Å². The van der Waals surface area contributed by atoms with Crippen LogP contribution >= 0.6 is 0 Å². The summed E-state index contributed by atoms with van der Waals surface area (Å²) in [4.78, 5) is 0. The smallest absolute Gasteiger partial charge is 0.194 e.